The third-order valence-corrected chi connectivity index (χ3v) is 4.93. The number of hydrogen-bond donors (Lipinski definition) is 1. The molecule has 1 saturated heterocycles. The number of aliphatic imine (C=N–C) groups is 1. The average molecular weight is 374 g/mol. The quantitative estimate of drug-likeness (QED) is 0.625. The zero-order chi connectivity index (χ0) is 18.6. The van der Waals surface area contributed by atoms with E-state index in [0.717, 1.165) is 22.4 Å². The maximum atomic E-state index is 13.0. The van der Waals surface area contributed by atoms with E-state index in [1.54, 1.807) is 12.1 Å². The number of nitrogens with one attached hydrogen (secondary N) is 1. The largest absolute Gasteiger partial charge is 0.300 e. The summed E-state index contributed by atoms with van der Waals surface area (Å²) in [4.78, 5) is 17.2. The Bertz CT molecular complexity index is 1030. The lowest BCUT2D eigenvalue weighted by Gasteiger charge is -2.02. The van der Waals surface area contributed by atoms with E-state index in [-0.39, 0.29) is 11.7 Å². The van der Waals surface area contributed by atoms with Crippen molar-refractivity contribution in [1.29, 1.82) is 0 Å². The number of carbonyl (C=O) groups excluding carboxylic acids is 1. The Morgan fingerprint density at radius 3 is 2.15 bits per heavy atom. The fraction of sp³-hybridized carbons (Fsp3) is 0. The first-order valence-corrected chi connectivity index (χ1v) is 9.20. The summed E-state index contributed by atoms with van der Waals surface area (Å²) in [6, 6.07) is 23.7. The standard InChI is InChI=1S/C22H15FN2OS/c23-18-12-10-17(11-13-18)16-8-6-15(7-9-16)14-20-21(26)25-22(27-20)24-19-4-2-1-3-5-19/h1-14H,(H,24,25,26)/b20-14+. The smallest absolute Gasteiger partial charge is 0.264 e. The highest BCUT2D eigenvalue weighted by molar-refractivity contribution is 8.18. The predicted molar refractivity (Wildman–Crippen MR) is 109 cm³/mol. The van der Waals surface area contributed by atoms with E-state index in [1.165, 1.54) is 23.9 Å². The summed E-state index contributed by atoms with van der Waals surface area (Å²) < 4.78 is 13.0. The summed E-state index contributed by atoms with van der Waals surface area (Å²) in [5.41, 5.74) is 3.65. The van der Waals surface area contributed by atoms with Crippen molar-refractivity contribution in [2.45, 2.75) is 0 Å². The van der Waals surface area contributed by atoms with Gasteiger partial charge in [0.1, 0.15) is 5.82 Å². The van der Waals surface area contributed by atoms with Crippen LogP contribution in [0.2, 0.25) is 0 Å². The lowest BCUT2D eigenvalue weighted by Crippen LogP contribution is -2.19. The van der Waals surface area contributed by atoms with Crippen LogP contribution in [0.1, 0.15) is 5.56 Å². The average Bonchev–Trinajstić information content (AvgIpc) is 3.03. The molecule has 4 rings (SSSR count). The van der Waals surface area contributed by atoms with Crippen LogP contribution in [0.5, 0.6) is 0 Å². The van der Waals surface area contributed by atoms with Crippen molar-refractivity contribution in [3.8, 4) is 11.1 Å². The van der Waals surface area contributed by atoms with Gasteiger partial charge in [0.2, 0.25) is 0 Å². The zero-order valence-corrected chi connectivity index (χ0v) is 15.0. The second-order valence-electron chi connectivity index (χ2n) is 5.95. The van der Waals surface area contributed by atoms with E-state index in [4.69, 9.17) is 0 Å². The molecule has 1 amide bonds. The monoisotopic (exact) mass is 374 g/mol. The first-order valence-electron chi connectivity index (χ1n) is 8.38. The van der Waals surface area contributed by atoms with Gasteiger partial charge in [-0.05, 0) is 58.8 Å². The summed E-state index contributed by atoms with van der Waals surface area (Å²) in [6.45, 7) is 0. The number of carbonyl (C=O) groups is 1. The van der Waals surface area contributed by atoms with Gasteiger partial charge in [-0.2, -0.15) is 0 Å². The van der Waals surface area contributed by atoms with Gasteiger partial charge in [-0.25, -0.2) is 9.38 Å². The van der Waals surface area contributed by atoms with Crippen LogP contribution in [0.4, 0.5) is 10.1 Å². The molecule has 0 aliphatic carbocycles. The van der Waals surface area contributed by atoms with Crippen molar-refractivity contribution in [2.24, 2.45) is 4.99 Å². The molecule has 3 aromatic carbocycles. The highest BCUT2D eigenvalue weighted by Gasteiger charge is 2.23. The Labute approximate surface area is 160 Å². The summed E-state index contributed by atoms with van der Waals surface area (Å²) in [5.74, 6) is -0.408. The molecule has 1 heterocycles. The van der Waals surface area contributed by atoms with Crippen molar-refractivity contribution in [3.63, 3.8) is 0 Å². The van der Waals surface area contributed by atoms with Crippen LogP contribution in [0, 0.1) is 5.82 Å². The minimum atomic E-state index is -0.252. The highest BCUT2D eigenvalue weighted by Crippen LogP contribution is 2.28. The van der Waals surface area contributed by atoms with E-state index < -0.39 is 0 Å². The minimum Gasteiger partial charge on any atom is -0.300 e. The summed E-state index contributed by atoms with van der Waals surface area (Å²) >= 11 is 1.32. The van der Waals surface area contributed by atoms with E-state index in [0.29, 0.717) is 10.1 Å². The summed E-state index contributed by atoms with van der Waals surface area (Å²) in [7, 11) is 0. The Balaban J connectivity index is 1.52. The van der Waals surface area contributed by atoms with Crippen LogP contribution in [0.15, 0.2) is 88.8 Å². The number of amides is 1. The first-order chi connectivity index (χ1) is 13.2. The van der Waals surface area contributed by atoms with Gasteiger partial charge in [0, 0.05) is 0 Å². The molecule has 1 N–H and O–H groups in total. The normalized spacial score (nSPS) is 16.7. The van der Waals surface area contributed by atoms with Gasteiger partial charge < -0.3 is 5.32 Å². The Kier molecular flexibility index (Phi) is 4.85. The predicted octanol–water partition coefficient (Wildman–Crippen LogP) is 5.38. The fourth-order valence-corrected chi connectivity index (χ4v) is 3.51. The number of halogens is 1. The first kappa shape index (κ1) is 17.2. The molecule has 0 bridgehead atoms. The second kappa shape index (κ2) is 7.60. The van der Waals surface area contributed by atoms with E-state index in [9.17, 15) is 9.18 Å². The molecule has 3 nitrogen and oxygen atoms in total. The van der Waals surface area contributed by atoms with Crippen LogP contribution in [-0.4, -0.2) is 11.1 Å². The second-order valence-corrected chi connectivity index (χ2v) is 6.98. The number of benzene rings is 3. The molecule has 1 aliphatic heterocycles. The van der Waals surface area contributed by atoms with Crippen molar-refractivity contribution >= 4 is 34.6 Å². The van der Waals surface area contributed by atoms with E-state index in [1.807, 2.05) is 60.7 Å². The molecule has 0 unspecified atom stereocenters. The molecule has 3 aromatic rings. The van der Waals surface area contributed by atoms with Gasteiger partial charge in [0.05, 0.1) is 10.6 Å². The maximum Gasteiger partial charge on any atom is 0.264 e. The SMILES string of the molecule is O=C1NC(=Nc2ccccc2)S/C1=C/c1ccc(-c2ccc(F)cc2)cc1. The number of amidine groups is 1. The molecule has 0 aromatic heterocycles. The summed E-state index contributed by atoms with van der Waals surface area (Å²) in [6.07, 6.45) is 1.84. The van der Waals surface area contributed by atoms with Crippen LogP contribution < -0.4 is 5.32 Å². The molecular formula is C22H15FN2OS. The molecule has 0 spiro atoms. The topological polar surface area (TPSA) is 41.5 Å². The number of hydrogen-bond acceptors (Lipinski definition) is 3. The van der Waals surface area contributed by atoms with Gasteiger partial charge in [0.15, 0.2) is 5.17 Å². The van der Waals surface area contributed by atoms with Gasteiger partial charge in [-0.1, -0.05) is 54.6 Å². The third kappa shape index (κ3) is 4.15. The molecule has 0 atom stereocenters. The van der Waals surface area contributed by atoms with E-state index in [2.05, 4.69) is 10.3 Å². The molecule has 1 aliphatic rings. The van der Waals surface area contributed by atoms with Crippen molar-refractivity contribution in [1.82, 2.24) is 5.32 Å². The Morgan fingerprint density at radius 1 is 0.852 bits per heavy atom. The molecule has 5 heteroatoms. The van der Waals surface area contributed by atoms with Crippen LogP contribution in [-0.2, 0) is 4.79 Å². The van der Waals surface area contributed by atoms with Gasteiger partial charge >= 0.3 is 0 Å². The van der Waals surface area contributed by atoms with Gasteiger partial charge in [-0.3, -0.25) is 4.79 Å². The Hall–Kier alpha value is -3.18. The van der Waals surface area contributed by atoms with Crippen molar-refractivity contribution in [3.05, 3.63) is 95.1 Å². The molecule has 132 valence electrons. The minimum absolute atomic E-state index is 0.155. The molecule has 1 fully saturated rings. The van der Waals surface area contributed by atoms with Crippen LogP contribution >= 0.6 is 11.8 Å². The lowest BCUT2D eigenvalue weighted by atomic mass is 10.0. The van der Waals surface area contributed by atoms with Gasteiger partial charge in [0.25, 0.3) is 5.91 Å². The number of nitrogens with zero attached hydrogens (tertiary/aromatic N) is 1. The number of thioether (sulfide) groups is 1. The molecule has 27 heavy (non-hydrogen) atoms. The number of para-hydroxylation sites is 1. The zero-order valence-electron chi connectivity index (χ0n) is 14.2. The fourth-order valence-electron chi connectivity index (χ4n) is 2.67. The maximum absolute atomic E-state index is 13.0. The molecular weight excluding hydrogens is 359 g/mol. The lowest BCUT2D eigenvalue weighted by molar-refractivity contribution is -0.115. The van der Waals surface area contributed by atoms with Gasteiger partial charge in [-0.15, -0.1) is 0 Å². The third-order valence-electron chi connectivity index (χ3n) is 4.02. The van der Waals surface area contributed by atoms with Crippen LogP contribution in [0.3, 0.4) is 0 Å². The molecule has 0 radical (unpaired) electrons. The summed E-state index contributed by atoms with van der Waals surface area (Å²) in [5, 5.41) is 3.36. The highest BCUT2D eigenvalue weighted by atomic mass is 32.2. The van der Waals surface area contributed by atoms with Crippen molar-refractivity contribution < 1.29 is 9.18 Å². The van der Waals surface area contributed by atoms with E-state index >= 15 is 0 Å². The van der Waals surface area contributed by atoms with Crippen LogP contribution in [0.25, 0.3) is 17.2 Å². The van der Waals surface area contributed by atoms with Crippen molar-refractivity contribution in [2.75, 3.05) is 0 Å². The number of rotatable bonds is 3. The molecule has 0 saturated carbocycles. The Morgan fingerprint density at radius 2 is 1.48 bits per heavy atom.